The second-order valence-electron chi connectivity index (χ2n) is 4.68. The molecule has 2 rings (SSSR count). The van der Waals surface area contributed by atoms with Gasteiger partial charge in [-0.2, -0.15) is 5.10 Å². The van der Waals surface area contributed by atoms with Gasteiger partial charge in [-0.3, -0.25) is 9.40 Å². The summed E-state index contributed by atoms with van der Waals surface area (Å²) in [6, 6.07) is 3.68. The van der Waals surface area contributed by atoms with Crippen LogP contribution in [0.25, 0.3) is 0 Å². The van der Waals surface area contributed by atoms with Crippen LogP contribution in [0.1, 0.15) is 17.0 Å². The number of aryl methyl sites for hydroxylation is 3. The van der Waals surface area contributed by atoms with Gasteiger partial charge in [0.25, 0.3) is 10.0 Å². The van der Waals surface area contributed by atoms with E-state index in [2.05, 4.69) is 9.82 Å². The quantitative estimate of drug-likeness (QED) is 0.945. The highest BCUT2D eigenvalue weighted by molar-refractivity contribution is 7.92. The average Bonchev–Trinajstić information content (AvgIpc) is 2.59. The van der Waals surface area contributed by atoms with Gasteiger partial charge in [0.2, 0.25) is 0 Å². The monoisotopic (exact) mass is 297 g/mol. The minimum absolute atomic E-state index is 0.0693. The van der Waals surface area contributed by atoms with Crippen molar-refractivity contribution in [1.29, 1.82) is 0 Å². The molecule has 0 radical (unpaired) electrons. The minimum atomic E-state index is -3.84. The molecule has 0 amide bonds. The Morgan fingerprint density at radius 3 is 2.45 bits per heavy atom. The van der Waals surface area contributed by atoms with Crippen LogP contribution in [0.2, 0.25) is 0 Å². The van der Waals surface area contributed by atoms with E-state index in [0.717, 1.165) is 6.07 Å². The zero-order valence-electron chi connectivity index (χ0n) is 11.7. The molecule has 1 N–H and O–H groups in total. The molecule has 0 spiro atoms. The number of aromatic nitrogens is 2. The molecule has 0 saturated carbocycles. The SMILES string of the molecule is Cc1ccc(F)cc1S(=O)(=O)Nc1c(C)nn(C)c1C. The largest absolute Gasteiger partial charge is 0.276 e. The summed E-state index contributed by atoms with van der Waals surface area (Å²) < 4.78 is 42.1. The van der Waals surface area contributed by atoms with Crippen molar-refractivity contribution in [2.24, 2.45) is 7.05 Å². The van der Waals surface area contributed by atoms with Gasteiger partial charge in [-0.25, -0.2) is 12.8 Å². The first-order chi connectivity index (χ1) is 9.22. The molecule has 0 atom stereocenters. The topological polar surface area (TPSA) is 64.0 Å². The van der Waals surface area contributed by atoms with E-state index in [0.29, 0.717) is 22.6 Å². The van der Waals surface area contributed by atoms with Gasteiger partial charge in [-0.15, -0.1) is 0 Å². The Balaban J connectivity index is 2.49. The third kappa shape index (κ3) is 2.53. The van der Waals surface area contributed by atoms with E-state index >= 15 is 0 Å². The summed E-state index contributed by atoms with van der Waals surface area (Å²) in [5.41, 5.74) is 2.18. The molecule has 20 heavy (non-hydrogen) atoms. The number of hydrogen-bond acceptors (Lipinski definition) is 3. The lowest BCUT2D eigenvalue weighted by Crippen LogP contribution is -2.15. The van der Waals surface area contributed by atoms with Crippen molar-refractivity contribution >= 4 is 15.7 Å². The fraction of sp³-hybridized carbons (Fsp3) is 0.308. The predicted octanol–water partition coefficient (Wildman–Crippen LogP) is 2.29. The van der Waals surface area contributed by atoms with Crippen molar-refractivity contribution in [1.82, 2.24) is 9.78 Å². The van der Waals surface area contributed by atoms with Gasteiger partial charge in [0.05, 0.1) is 22.0 Å². The van der Waals surface area contributed by atoms with E-state index in [1.54, 1.807) is 32.5 Å². The van der Waals surface area contributed by atoms with Crippen molar-refractivity contribution in [2.45, 2.75) is 25.7 Å². The van der Waals surface area contributed by atoms with E-state index in [4.69, 9.17) is 0 Å². The van der Waals surface area contributed by atoms with Crippen LogP contribution >= 0.6 is 0 Å². The van der Waals surface area contributed by atoms with Gasteiger partial charge in [0.1, 0.15) is 5.82 Å². The van der Waals surface area contributed by atoms with Crippen LogP contribution in [0.4, 0.5) is 10.1 Å². The summed E-state index contributed by atoms with van der Waals surface area (Å²) in [6.07, 6.45) is 0. The van der Waals surface area contributed by atoms with Gasteiger partial charge in [0, 0.05) is 7.05 Å². The van der Waals surface area contributed by atoms with Crippen LogP contribution in [0.5, 0.6) is 0 Å². The van der Waals surface area contributed by atoms with Crippen molar-refractivity contribution in [3.05, 3.63) is 41.0 Å². The average molecular weight is 297 g/mol. The number of sulfonamides is 1. The number of nitrogens with one attached hydrogen (secondary N) is 1. The summed E-state index contributed by atoms with van der Waals surface area (Å²) in [7, 11) is -2.11. The van der Waals surface area contributed by atoms with E-state index in [1.165, 1.54) is 12.1 Å². The molecule has 1 aromatic heterocycles. The molecule has 0 aliphatic heterocycles. The van der Waals surface area contributed by atoms with E-state index in [1.807, 2.05) is 0 Å². The highest BCUT2D eigenvalue weighted by atomic mass is 32.2. The summed E-state index contributed by atoms with van der Waals surface area (Å²) in [5.74, 6) is -0.587. The van der Waals surface area contributed by atoms with Crippen LogP contribution in [0.3, 0.4) is 0 Å². The summed E-state index contributed by atoms with van der Waals surface area (Å²) in [6.45, 7) is 5.09. The molecule has 108 valence electrons. The van der Waals surface area contributed by atoms with E-state index in [9.17, 15) is 12.8 Å². The molecule has 0 fully saturated rings. The van der Waals surface area contributed by atoms with Crippen LogP contribution in [0.15, 0.2) is 23.1 Å². The fourth-order valence-electron chi connectivity index (χ4n) is 1.97. The third-order valence-corrected chi connectivity index (χ3v) is 4.68. The van der Waals surface area contributed by atoms with Crippen LogP contribution in [-0.4, -0.2) is 18.2 Å². The Morgan fingerprint density at radius 2 is 1.90 bits per heavy atom. The van der Waals surface area contributed by atoms with Crippen molar-refractivity contribution in [3.8, 4) is 0 Å². The molecule has 5 nitrogen and oxygen atoms in total. The van der Waals surface area contributed by atoms with Crippen LogP contribution in [0, 0.1) is 26.6 Å². The first kappa shape index (κ1) is 14.5. The first-order valence-electron chi connectivity index (χ1n) is 6.01. The lowest BCUT2D eigenvalue weighted by molar-refractivity contribution is 0.594. The van der Waals surface area contributed by atoms with Gasteiger partial charge in [0.15, 0.2) is 0 Å². The van der Waals surface area contributed by atoms with Crippen LogP contribution < -0.4 is 4.72 Å². The zero-order chi connectivity index (χ0) is 15.1. The standard InChI is InChI=1S/C13H16FN3O2S/c1-8-5-6-11(14)7-12(8)20(18,19)16-13-9(2)15-17(4)10(13)3/h5-7,16H,1-4H3. The van der Waals surface area contributed by atoms with Gasteiger partial charge >= 0.3 is 0 Å². The third-order valence-electron chi connectivity index (χ3n) is 3.19. The minimum Gasteiger partial charge on any atom is -0.276 e. The number of nitrogens with zero attached hydrogens (tertiary/aromatic N) is 2. The molecule has 1 aromatic carbocycles. The Labute approximate surface area is 117 Å². The number of anilines is 1. The maximum absolute atomic E-state index is 13.3. The second-order valence-corrected chi connectivity index (χ2v) is 6.34. The molecule has 0 aliphatic rings. The highest BCUT2D eigenvalue weighted by Crippen LogP contribution is 2.24. The van der Waals surface area contributed by atoms with Crippen molar-refractivity contribution in [2.75, 3.05) is 4.72 Å². The van der Waals surface area contributed by atoms with E-state index in [-0.39, 0.29) is 4.90 Å². The molecular weight excluding hydrogens is 281 g/mol. The zero-order valence-corrected chi connectivity index (χ0v) is 12.5. The second kappa shape index (κ2) is 4.90. The fourth-order valence-corrected chi connectivity index (χ4v) is 3.41. The smallest absolute Gasteiger partial charge is 0.262 e. The number of hydrogen-bond donors (Lipinski definition) is 1. The molecule has 0 bridgehead atoms. The normalized spacial score (nSPS) is 11.7. The molecular formula is C13H16FN3O2S. The lowest BCUT2D eigenvalue weighted by atomic mass is 10.2. The van der Waals surface area contributed by atoms with Gasteiger partial charge in [-0.05, 0) is 38.5 Å². The van der Waals surface area contributed by atoms with Gasteiger partial charge in [-0.1, -0.05) is 6.07 Å². The summed E-state index contributed by atoms with van der Waals surface area (Å²) >= 11 is 0. The molecule has 0 saturated heterocycles. The molecule has 1 heterocycles. The maximum atomic E-state index is 13.3. The molecule has 0 unspecified atom stereocenters. The Morgan fingerprint density at radius 1 is 1.25 bits per heavy atom. The Hall–Kier alpha value is -1.89. The molecule has 0 aliphatic carbocycles. The maximum Gasteiger partial charge on any atom is 0.262 e. The van der Waals surface area contributed by atoms with Crippen LogP contribution in [-0.2, 0) is 17.1 Å². The van der Waals surface area contributed by atoms with E-state index < -0.39 is 15.8 Å². The molecule has 7 heteroatoms. The Bertz CT molecular complexity index is 766. The highest BCUT2D eigenvalue weighted by Gasteiger charge is 2.21. The first-order valence-corrected chi connectivity index (χ1v) is 7.50. The number of benzene rings is 1. The van der Waals surface area contributed by atoms with Crippen molar-refractivity contribution in [3.63, 3.8) is 0 Å². The summed E-state index contributed by atoms with van der Waals surface area (Å²) in [4.78, 5) is -0.0693. The Kier molecular flexibility index (Phi) is 3.56. The lowest BCUT2D eigenvalue weighted by Gasteiger charge is -2.10. The number of rotatable bonds is 3. The summed E-state index contributed by atoms with van der Waals surface area (Å²) in [5, 5.41) is 4.14. The molecule has 2 aromatic rings. The predicted molar refractivity (Wildman–Crippen MR) is 74.6 cm³/mol. The van der Waals surface area contributed by atoms with Crippen molar-refractivity contribution < 1.29 is 12.8 Å². The number of halogens is 1. The van der Waals surface area contributed by atoms with Gasteiger partial charge < -0.3 is 0 Å².